The van der Waals surface area contributed by atoms with E-state index in [0.717, 1.165) is 10.9 Å². The van der Waals surface area contributed by atoms with Crippen LogP contribution in [-0.2, 0) is 4.79 Å². The number of carbonyl (C=O) groups is 1. The van der Waals surface area contributed by atoms with Crippen LogP contribution in [0.5, 0.6) is 0 Å². The van der Waals surface area contributed by atoms with Gasteiger partial charge in [0.25, 0.3) is 0 Å². The van der Waals surface area contributed by atoms with E-state index >= 15 is 0 Å². The number of fused-ring (bicyclic) bond motifs is 1. The molecular formula is C20H15ClN4O2S. The van der Waals surface area contributed by atoms with Gasteiger partial charge < -0.3 is 9.73 Å². The van der Waals surface area contributed by atoms with Crippen molar-refractivity contribution in [3.05, 3.63) is 66.0 Å². The Balaban J connectivity index is 1.61. The summed E-state index contributed by atoms with van der Waals surface area (Å²) in [6.07, 6.45) is 3.07. The fourth-order valence-corrected chi connectivity index (χ4v) is 3.60. The summed E-state index contributed by atoms with van der Waals surface area (Å²) in [6, 6.07) is 14.6. The maximum absolute atomic E-state index is 12.6. The third-order valence-corrected chi connectivity index (χ3v) is 5.27. The minimum absolute atomic E-state index is 0.179. The standard InChI is InChI=1S/C20H15ClN4O2S/c1-12(19(26)24-17-9-8-13(21)11-22-17)28-20-14-5-2-3-6-15(14)23-18(25-20)16-7-4-10-27-16/h2-12H,1H3,(H,22,24,26)/t12-/m1/s1. The molecule has 0 radical (unpaired) electrons. The number of anilines is 1. The Morgan fingerprint density at radius 1 is 1.14 bits per heavy atom. The average Bonchev–Trinajstić information content (AvgIpc) is 3.24. The zero-order valence-electron chi connectivity index (χ0n) is 14.8. The maximum atomic E-state index is 12.6. The predicted octanol–water partition coefficient (Wildman–Crippen LogP) is 5.06. The topological polar surface area (TPSA) is 80.9 Å². The fraction of sp³-hybridized carbons (Fsp3) is 0.100. The number of hydrogen-bond acceptors (Lipinski definition) is 6. The summed E-state index contributed by atoms with van der Waals surface area (Å²) in [5.74, 6) is 1.33. The van der Waals surface area contributed by atoms with E-state index in [-0.39, 0.29) is 5.91 Å². The van der Waals surface area contributed by atoms with Crippen LogP contribution >= 0.6 is 23.4 Å². The third-order valence-electron chi connectivity index (χ3n) is 3.95. The van der Waals surface area contributed by atoms with Gasteiger partial charge >= 0.3 is 0 Å². The zero-order chi connectivity index (χ0) is 19.5. The van der Waals surface area contributed by atoms with E-state index in [1.165, 1.54) is 18.0 Å². The van der Waals surface area contributed by atoms with Crippen molar-refractivity contribution in [2.24, 2.45) is 0 Å². The highest BCUT2D eigenvalue weighted by molar-refractivity contribution is 8.00. The number of para-hydroxylation sites is 1. The molecule has 1 atom stereocenters. The lowest BCUT2D eigenvalue weighted by Crippen LogP contribution is -2.23. The molecule has 28 heavy (non-hydrogen) atoms. The maximum Gasteiger partial charge on any atom is 0.238 e. The highest BCUT2D eigenvalue weighted by Gasteiger charge is 2.19. The first-order valence-electron chi connectivity index (χ1n) is 8.50. The summed E-state index contributed by atoms with van der Waals surface area (Å²) < 4.78 is 5.43. The molecular weight excluding hydrogens is 396 g/mol. The number of aromatic nitrogens is 3. The number of pyridine rings is 1. The smallest absolute Gasteiger partial charge is 0.238 e. The molecule has 140 valence electrons. The summed E-state index contributed by atoms with van der Waals surface area (Å²) in [6.45, 7) is 1.82. The molecule has 1 amide bonds. The molecule has 0 saturated carbocycles. The number of nitrogens with zero attached hydrogens (tertiary/aromatic N) is 3. The first-order chi connectivity index (χ1) is 13.6. The lowest BCUT2D eigenvalue weighted by atomic mass is 10.2. The number of hydrogen-bond donors (Lipinski definition) is 1. The highest BCUT2D eigenvalue weighted by atomic mass is 35.5. The van der Waals surface area contributed by atoms with Crippen molar-refractivity contribution in [1.29, 1.82) is 0 Å². The second-order valence-corrected chi connectivity index (χ2v) is 7.72. The molecule has 0 aliphatic heterocycles. The molecule has 8 heteroatoms. The molecule has 4 rings (SSSR count). The molecule has 4 aromatic rings. The van der Waals surface area contributed by atoms with Crippen molar-refractivity contribution < 1.29 is 9.21 Å². The normalized spacial score (nSPS) is 12.1. The van der Waals surface area contributed by atoms with E-state index in [4.69, 9.17) is 16.0 Å². The molecule has 1 N–H and O–H groups in total. The van der Waals surface area contributed by atoms with Crippen molar-refractivity contribution in [1.82, 2.24) is 15.0 Å². The van der Waals surface area contributed by atoms with E-state index in [9.17, 15) is 4.79 Å². The van der Waals surface area contributed by atoms with Crippen molar-refractivity contribution in [2.75, 3.05) is 5.32 Å². The van der Waals surface area contributed by atoms with Crippen LogP contribution in [0.1, 0.15) is 6.92 Å². The number of furan rings is 1. The Labute approximate surface area is 170 Å². The van der Waals surface area contributed by atoms with Crippen LogP contribution < -0.4 is 5.32 Å². The Morgan fingerprint density at radius 3 is 2.75 bits per heavy atom. The molecule has 0 bridgehead atoms. The van der Waals surface area contributed by atoms with Gasteiger partial charge in [-0.1, -0.05) is 41.6 Å². The van der Waals surface area contributed by atoms with Crippen LogP contribution in [0.4, 0.5) is 5.82 Å². The van der Waals surface area contributed by atoms with Gasteiger partial charge in [-0.25, -0.2) is 15.0 Å². The van der Waals surface area contributed by atoms with Crippen molar-refractivity contribution in [2.45, 2.75) is 17.2 Å². The third kappa shape index (κ3) is 4.00. The summed E-state index contributed by atoms with van der Waals surface area (Å²) in [7, 11) is 0. The quantitative estimate of drug-likeness (QED) is 0.366. The molecule has 0 fully saturated rings. The molecule has 3 aromatic heterocycles. The number of halogens is 1. The van der Waals surface area contributed by atoms with Gasteiger partial charge in [-0.3, -0.25) is 4.79 Å². The monoisotopic (exact) mass is 410 g/mol. The van der Waals surface area contributed by atoms with Crippen LogP contribution in [0.2, 0.25) is 5.02 Å². The van der Waals surface area contributed by atoms with E-state index in [1.807, 2.05) is 31.2 Å². The number of amides is 1. The van der Waals surface area contributed by atoms with Gasteiger partial charge in [0, 0.05) is 11.6 Å². The van der Waals surface area contributed by atoms with Crippen molar-refractivity contribution in [3.63, 3.8) is 0 Å². The summed E-state index contributed by atoms with van der Waals surface area (Å²) in [4.78, 5) is 25.9. The van der Waals surface area contributed by atoms with Crippen LogP contribution in [0.15, 0.2) is 70.4 Å². The number of rotatable bonds is 5. The molecule has 3 heterocycles. The van der Waals surface area contributed by atoms with E-state index < -0.39 is 5.25 Å². The molecule has 0 spiro atoms. The lowest BCUT2D eigenvalue weighted by Gasteiger charge is -2.13. The number of benzene rings is 1. The van der Waals surface area contributed by atoms with Crippen molar-refractivity contribution >= 4 is 46.0 Å². The molecule has 0 aliphatic carbocycles. The first kappa shape index (κ1) is 18.5. The number of nitrogens with one attached hydrogen (secondary N) is 1. The van der Waals surface area contributed by atoms with Gasteiger partial charge in [-0.2, -0.15) is 0 Å². The molecule has 0 aliphatic rings. The summed E-state index contributed by atoms with van der Waals surface area (Å²) in [5.41, 5.74) is 0.790. The minimum Gasteiger partial charge on any atom is -0.461 e. The largest absolute Gasteiger partial charge is 0.461 e. The van der Waals surface area contributed by atoms with Gasteiger partial charge in [-0.15, -0.1) is 0 Å². The number of carbonyl (C=O) groups excluding carboxylic acids is 1. The SMILES string of the molecule is C[C@@H](Sc1nc(-c2ccco2)nc2ccccc12)C(=O)Nc1ccc(Cl)cn1. The average molecular weight is 411 g/mol. The van der Waals surface area contributed by atoms with Crippen molar-refractivity contribution in [3.8, 4) is 11.6 Å². The van der Waals surface area contributed by atoms with Gasteiger partial charge in [0.05, 0.1) is 22.1 Å². The zero-order valence-corrected chi connectivity index (χ0v) is 16.4. The second-order valence-electron chi connectivity index (χ2n) is 5.96. The van der Waals surface area contributed by atoms with Gasteiger partial charge in [0.1, 0.15) is 10.8 Å². The summed E-state index contributed by atoms with van der Waals surface area (Å²) in [5, 5.41) is 4.49. The first-order valence-corrected chi connectivity index (χ1v) is 9.75. The summed E-state index contributed by atoms with van der Waals surface area (Å²) >= 11 is 7.19. The molecule has 0 saturated heterocycles. The predicted molar refractivity (Wildman–Crippen MR) is 110 cm³/mol. The lowest BCUT2D eigenvalue weighted by molar-refractivity contribution is -0.115. The van der Waals surface area contributed by atoms with Gasteiger partial charge in [0.15, 0.2) is 11.6 Å². The van der Waals surface area contributed by atoms with Crippen LogP contribution in [0.25, 0.3) is 22.5 Å². The Kier molecular flexibility index (Phi) is 5.27. The Morgan fingerprint density at radius 2 is 2.00 bits per heavy atom. The van der Waals surface area contributed by atoms with Crippen LogP contribution in [0.3, 0.4) is 0 Å². The van der Waals surface area contributed by atoms with Gasteiger partial charge in [0.2, 0.25) is 5.91 Å². The highest BCUT2D eigenvalue weighted by Crippen LogP contribution is 2.31. The van der Waals surface area contributed by atoms with E-state index in [0.29, 0.717) is 27.5 Å². The minimum atomic E-state index is -0.403. The number of thioether (sulfide) groups is 1. The van der Waals surface area contributed by atoms with Crippen LogP contribution in [-0.4, -0.2) is 26.1 Å². The van der Waals surface area contributed by atoms with Gasteiger partial charge in [-0.05, 0) is 37.3 Å². The van der Waals surface area contributed by atoms with Crippen LogP contribution in [0, 0.1) is 0 Å². The molecule has 6 nitrogen and oxygen atoms in total. The second kappa shape index (κ2) is 8.00. The molecule has 0 unspecified atom stereocenters. The fourth-order valence-electron chi connectivity index (χ4n) is 2.55. The van der Waals surface area contributed by atoms with E-state index in [2.05, 4.69) is 20.3 Å². The molecule has 1 aromatic carbocycles. The Bertz CT molecular complexity index is 1120. The van der Waals surface area contributed by atoms with E-state index in [1.54, 1.807) is 30.5 Å². The Hall–Kier alpha value is -2.90.